The second-order valence-electron chi connectivity index (χ2n) is 1.40. The molecule has 2 N–H and O–H groups in total. The van der Waals surface area contributed by atoms with Crippen molar-refractivity contribution in [1.82, 2.24) is 10.7 Å². The lowest BCUT2D eigenvalue weighted by Gasteiger charge is -1.95. The van der Waals surface area contributed by atoms with Gasteiger partial charge in [-0.1, -0.05) is 0 Å². The molecular weight excluding hydrogens is 102 g/mol. The molecule has 0 saturated heterocycles. The first-order valence-electron chi connectivity index (χ1n) is 2.77. The van der Waals surface area contributed by atoms with E-state index in [9.17, 15) is 0 Å². The Bertz CT molecular complexity index is 60.7. The minimum absolute atomic E-state index is 0.890. The van der Waals surface area contributed by atoms with Gasteiger partial charge in [0.05, 0.1) is 0 Å². The van der Waals surface area contributed by atoms with Gasteiger partial charge in [0.1, 0.15) is 0 Å². The van der Waals surface area contributed by atoms with Gasteiger partial charge in [-0.25, -0.2) is 0 Å². The van der Waals surface area contributed by atoms with Crippen molar-refractivity contribution in [3.05, 3.63) is 0 Å². The molecule has 0 aliphatic rings. The molecule has 0 aliphatic carbocycles. The Kier molecular flexibility index (Phi) is 5.97. The maximum Gasteiger partial charge on any atom is 0.0454 e. The lowest BCUT2D eigenvalue weighted by molar-refractivity contribution is 0.682. The predicted molar refractivity (Wildman–Crippen MR) is 36.1 cm³/mol. The molecule has 48 valence electrons. The number of hydrazone groups is 1. The van der Waals surface area contributed by atoms with Gasteiger partial charge in [0.25, 0.3) is 0 Å². The fraction of sp³-hybridized carbons (Fsp3) is 0.800. The molecule has 0 radical (unpaired) electrons. The van der Waals surface area contributed by atoms with Crippen LogP contribution in [0.15, 0.2) is 5.10 Å². The summed E-state index contributed by atoms with van der Waals surface area (Å²) in [4.78, 5) is 0. The predicted octanol–water partition coefficient (Wildman–Crippen LogP) is -0.199. The molecule has 0 spiro atoms. The molecule has 0 fully saturated rings. The van der Waals surface area contributed by atoms with Crippen molar-refractivity contribution in [3.63, 3.8) is 0 Å². The fourth-order valence-electron chi connectivity index (χ4n) is 0.337. The van der Waals surface area contributed by atoms with Crippen LogP contribution in [0.4, 0.5) is 0 Å². The van der Waals surface area contributed by atoms with Gasteiger partial charge in [-0.15, -0.1) is 0 Å². The van der Waals surface area contributed by atoms with Crippen LogP contribution in [0.3, 0.4) is 0 Å². The molecule has 3 heteroatoms. The van der Waals surface area contributed by atoms with Crippen LogP contribution >= 0.6 is 0 Å². The average Bonchev–Trinajstić information content (AvgIpc) is 1.81. The first-order chi connectivity index (χ1) is 3.91. The second kappa shape index (κ2) is 6.43. The number of nitrogens with one attached hydrogen (secondary N) is 2. The molecule has 8 heavy (non-hydrogen) atoms. The van der Waals surface area contributed by atoms with Gasteiger partial charge in [0.15, 0.2) is 0 Å². The maximum atomic E-state index is 3.79. The van der Waals surface area contributed by atoms with E-state index in [1.165, 1.54) is 0 Å². The summed E-state index contributed by atoms with van der Waals surface area (Å²) in [6.07, 6.45) is 1.73. The zero-order valence-corrected chi connectivity index (χ0v) is 5.44. The van der Waals surface area contributed by atoms with E-state index >= 15 is 0 Å². The quantitative estimate of drug-likeness (QED) is 0.302. The number of likely N-dealkylation sites (N-methyl/N-ethyl adjacent to an activating group) is 1. The van der Waals surface area contributed by atoms with Crippen LogP contribution in [0.1, 0.15) is 6.92 Å². The normalized spacial score (nSPS) is 10.2. The summed E-state index contributed by atoms with van der Waals surface area (Å²) in [6, 6.07) is 0. The monoisotopic (exact) mass is 115 g/mol. The van der Waals surface area contributed by atoms with Gasteiger partial charge in [-0.2, -0.15) is 5.10 Å². The Morgan fingerprint density at radius 1 is 1.50 bits per heavy atom. The molecular formula is C5H13N3. The molecule has 0 saturated carbocycles. The van der Waals surface area contributed by atoms with E-state index in [1.54, 1.807) is 6.21 Å². The van der Waals surface area contributed by atoms with Crippen LogP contribution in [-0.2, 0) is 0 Å². The summed E-state index contributed by atoms with van der Waals surface area (Å²) >= 11 is 0. The van der Waals surface area contributed by atoms with Crippen molar-refractivity contribution in [3.8, 4) is 0 Å². The van der Waals surface area contributed by atoms with Crippen LogP contribution in [0, 0.1) is 0 Å². The molecule has 0 bridgehead atoms. The van der Waals surface area contributed by atoms with E-state index in [-0.39, 0.29) is 0 Å². The Morgan fingerprint density at radius 2 is 2.25 bits per heavy atom. The molecule has 0 aromatic heterocycles. The first kappa shape index (κ1) is 7.43. The highest BCUT2D eigenvalue weighted by Crippen LogP contribution is 1.55. The molecule has 0 atom stereocenters. The molecule has 0 aromatic carbocycles. The van der Waals surface area contributed by atoms with Gasteiger partial charge < -0.3 is 10.7 Å². The third-order valence-corrected chi connectivity index (χ3v) is 0.707. The van der Waals surface area contributed by atoms with Crippen molar-refractivity contribution in [1.29, 1.82) is 0 Å². The summed E-state index contributed by atoms with van der Waals surface area (Å²) < 4.78 is 0. The number of rotatable bonds is 4. The van der Waals surface area contributed by atoms with Gasteiger partial charge in [-0.3, -0.25) is 0 Å². The lowest BCUT2D eigenvalue weighted by Crippen LogP contribution is -2.20. The van der Waals surface area contributed by atoms with Crippen LogP contribution in [0.5, 0.6) is 0 Å². The minimum Gasteiger partial charge on any atom is -0.318 e. The smallest absolute Gasteiger partial charge is 0.0454 e. The van der Waals surface area contributed by atoms with Crippen molar-refractivity contribution in [2.45, 2.75) is 6.92 Å². The van der Waals surface area contributed by atoms with Crippen molar-refractivity contribution in [2.24, 2.45) is 5.10 Å². The van der Waals surface area contributed by atoms with E-state index in [0.717, 1.165) is 13.1 Å². The van der Waals surface area contributed by atoms with E-state index < -0.39 is 0 Å². The highest BCUT2D eigenvalue weighted by Gasteiger charge is 1.74. The molecule has 0 aromatic rings. The highest BCUT2D eigenvalue weighted by atomic mass is 15.3. The van der Waals surface area contributed by atoms with Crippen LogP contribution in [0.2, 0.25) is 0 Å². The highest BCUT2D eigenvalue weighted by molar-refractivity contribution is 5.52. The minimum atomic E-state index is 0.890. The zero-order chi connectivity index (χ0) is 6.24. The third-order valence-electron chi connectivity index (χ3n) is 0.707. The Hall–Kier alpha value is -0.570. The van der Waals surface area contributed by atoms with Crippen LogP contribution in [-0.4, -0.2) is 26.4 Å². The maximum absolute atomic E-state index is 3.79. The molecule has 0 rings (SSSR count). The molecule has 0 amide bonds. The summed E-state index contributed by atoms with van der Waals surface area (Å²) in [7, 11) is 1.91. The fourth-order valence-corrected chi connectivity index (χ4v) is 0.337. The largest absolute Gasteiger partial charge is 0.318 e. The summed E-state index contributed by atoms with van der Waals surface area (Å²) in [5.41, 5.74) is 2.84. The molecule has 0 unspecified atom stereocenters. The van der Waals surface area contributed by atoms with Gasteiger partial charge in [0, 0.05) is 19.3 Å². The van der Waals surface area contributed by atoms with Gasteiger partial charge >= 0.3 is 0 Å². The molecule has 0 aliphatic heterocycles. The molecule has 0 heterocycles. The molecule has 3 nitrogen and oxygen atoms in total. The van der Waals surface area contributed by atoms with Crippen molar-refractivity contribution >= 4 is 6.21 Å². The zero-order valence-electron chi connectivity index (χ0n) is 5.44. The summed E-state index contributed by atoms with van der Waals surface area (Å²) in [5, 5.41) is 6.78. The third kappa shape index (κ3) is 5.43. The number of hydrogen-bond donors (Lipinski definition) is 2. The lowest BCUT2D eigenvalue weighted by atomic mass is 10.7. The topological polar surface area (TPSA) is 36.4 Å². The van der Waals surface area contributed by atoms with E-state index in [1.807, 2.05) is 14.0 Å². The van der Waals surface area contributed by atoms with E-state index in [2.05, 4.69) is 15.8 Å². The van der Waals surface area contributed by atoms with E-state index in [0.29, 0.717) is 0 Å². The second-order valence-corrected chi connectivity index (χ2v) is 1.40. The standard InChI is InChI=1S/C5H13N3/c1-3-7-8-5-4-6-2/h3,6,8H,4-5H2,1-2H3/b7-3+. The van der Waals surface area contributed by atoms with E-state index in [4.69, 9.17) is 0 Å². The van der Waals surface area contributed by atoms with Crippen LogP contribution < -0.4 is 10.7 Å². The number of nitrogens with zero attached hydrogens (tertiary/aromatic N) is 1. The van der Waals surface area contributed by atoms with Gasteiger partial charge in [-0.05, 0) is 14.0 Å². The Morgan fingerprint density at radius 3 is 2.75 bits per heavy atom. The SMILES string of the molecule is C/C=N/NCCNC. The first-order valence-corrected chi connectivity index (χ1v) is 2.77. The Balaban J connectivity index is 2.72. The van der Waals surface area contributed by atoms with Crippen LogP contribution in [0.25, 0.3) is 0 Å². The van der Waals surface area contributed by atoms with Crippen molar-refractivity contribution < 1.29 is 0 Å². The van der Waals surface area contributed by atoms with Gasteiger partial charge in [0.2, 0.25) is 0 Å². The van der Waals surface area contributed by atoms with Crippen molar-refractivity contribution in [2.75, 3.05) is 20.1 Å². The summed E-state index contributed by atoms with van der Waals surface area (Å²) in [6.45, 7) is 3.73. The number of hydrogen-bond acceptors (Lipinski definition) is 3. The summed E-state index contributed by atoms with van der Waals surface area (Å²) in [5.74, 6) is 0. The Labute approximate surface area is 50.2 Å². The average molecular weight is 115 g/mol.